The standard InChI is InChI=1S/C12H14F2N2O/c13-12(14)6-8-16(9-7-12)11(15-17)10-4-2-1-3-5-10/h1-5,17H,6-9H2. The van der Waals surface area contributed by atoms with E-state index in [1.54, 1.807) is 17.0 Å². The molecule has 1 N–H and O–H groups in total. The number of benzene rings is 1. The number of hydrogen-bond acceptors (Lipinski definition) is 2. The molecule has 92 valence electrons. The Labute approximate surface area is 98.3 Å². The second-order valence-electron chi connectivity index (χ2n) is 4.13. The molecule has 0 saturated carbocycles. The van der Waals surface area contributed by atoms with Gasteiger partial charge >= 0.3 is 0 Å². The first kappa shape index (κ1) is 11.8. The van der Waals surface area contributed by atoms with Crippen LogP contribution in [0, 0.1) is 0 Å². The predicted molar refractivity (Wildman–Crippen MR) is 60.5 cm³/mol. The van der Waals surface area contributed by atoms with E-state index in [0.29, 0.717) is 5.84 Å². The van der Waals surface area contributed by atoms with E-state index < -0.39 is 5.92 Å². The summed E-state index contributed by atoms with van der Waals surface area (Å²) in [7, 11) is 0. The molecule has 0 bridgehead atoms. The van der Waals surface area contributed by atoms with E-state index in [-0.39, 0.29) is 25.9 Å². The van der Waals surface area contributed by atoms with Crippen molar-refractivity contribution in [3.05, 3.63) is 35.9 Å². The molecule has 0 unspecified atom stereocenters. The highest BCUT2D eigenvalue weighted by atomic mass is 19.3. The van der Waals surface area contributed by atoms with Gasteiger partial charge in [0.15, 0.2) is 5.84 Å². The summed E-state index contributed by atoms with van der Waals surface area (Å²) in [5.41, 5.74) is 0.736. The van der Waals surface area contributed by atoms with Crippen molar-refractivity contribution in [1.29, 1.82) is 0 Å². The molecular formula is C12H14F2N2O. The van der Waals surface area contributed by atoms with Gasteiger partial charge in [0.25, 0.3) is 5.92 Å². The summed E-state index contributed by atoms with van der Waals surface area (Å²) in [6.45, 7) is 0.419. The van der Waals surface area contributed by atoms with Crippen molar-refractivity contribution in [1.82, 2.24) is 4.90 Å². The number of rotatable bonds is 1. The number of piperidine rings is 1. The number of alkyl halides is 2. The van der Waals surface area contributed by atoms with Gasteiger partial charge in [0, 0.05) is 31.5 Å². The van der Waals surface area contributed by atoms with Crippen LogP contribution in [0.2, 0.25) is 0 Å². The lowest BCUT2D eigenvalue weighted by atomic mass is 10.1. The van der Waals surface area contributed by atoms with E-state index in [4.69, 9.17) is 5.21 Å². The molecule has 0 radical (unpaired) electrons. The molecule has 1 aromatic rings. The normalized spacial score (nSPS) is 20.4. The summed E-state index contributed by atoms with van der Waals surface area (Å²) >= 11 is 0. The molecule has 1 aromatic carbocycles. The largest absolute Gasteiger partial charge is 0.409 e. The Kier molecular flexibility index (Phi) is 3.26. The molecule has 0 aliphatic carbocycles. The first-order valence-electron chi connectivity index (χ1n) is 5.53. The molecule has 0 aromatic heterocycles. The molecule has 3 nitrogen and oxygen atoms in total. The minimum atomic E-state index is -2.59. The quantitative estimate of drug-likeness (QED) is 0.354. The van der Waals surface area contributed by atoms with Crippen LogP contribution in [0.4, 0.5) is 8.78 Å². The van der Waals surface area contributed by atoms with Crippen LogP contribution in [0.3, 0.4) is 0 Å². The van der Waals surface area contributed by atoms with Gasteiger partial charge in [0.2, 0.25) is 0 Å². The summed E-state index contributed by atoms with van der Waals surface area (Å²) in [4.78, 5) is 1.69. The first-order valence-corrected chi connectivity index (χ1v) is 5.53. The zero-order chi connectivity index (χ0) is 12.3. The molecule has 1 aliphatic rings. The van der Waals surface area contributed by atoms with Crippen LogP contribution >= 0.6 is 0 Å². The average molecular weight is 240 g/mol. The lowest BCUT2D eigenvalue weighted by molar-refractivity contribution is -0.0437. The Hall–Kier alpha value is -1.65. The average Bonchev–Trinajstić information content (AvgIpc) is 2.33. The molecule has 5 heteroatoms. The Balaban J connectivity index is 2.12. The van der Waals surface area contributed by atoms with Gasteiger partial charge in [-0.3, -0.25) is 0 Å². The summed E-state index contributed by atoms with van der Waals surface area (Å²) in [6.07, 6.45) is -0.391. The van der Waals surface area contributed by atoms with Crippen LogP contribution < -0.4 is 0 Å². The number of halogens is 2. The zero-order valence-electron chi connectivity index (χ0n) is 9.31. The van der Waals surface area contributed by atoms with Gasteiger partial charge in [-0.05, 0) is 0 Å². The molecule has 1 fully saturated rings. The van der Waals surface area contributed by atoms with Crippen molar-refractivity contribution >= 4 is 5.84 Å². The third-order valence-electron chi connectivity index (χ3n) is 2.92. The van der Waals surface area contributed by atoms with Crippen molar-refractivity contribution < 1.29 is 14.0 Å². The van der Waals surface area contributed by atoms with Crippen molar-refractivity contribution in [3.8, 4) is 0 Å². The lowest BCUT2D eigenvalue weighted by Crippen LogP contribution is -2.43. The van der Waals surface area contributed by atoms with Crippen LogP contribution in [0.5, 0.6) is 0 Å². The third kappa shape index (κ3) is 2.72. The van der Waals surface area contributed by atoms with E-state index in [0.717, 1.165) is 5.56 Å². The number of amidine groups is 1. The Morgan fingerprint density at radius 3 is 2.29 bits per heavy atom. The Bertz CT molecular complexity index is 396. The van der Waals surface area contributed by atoms with Crippen molar-refractivity contribution in [2.24, 2.45) is 5.16 Å². The molecule has 17 heavy (non-hydrogen) atoms. The highest BCUT2D eigenvalue weighted by molar-refractivity contribution is 5.98. The van der Waals surface area contributed by atoms with Gasteiger partial charge in [-0.25, -0.2) is 8.78 Å². The fourth-order valence-electron chi connectivity index (χ4n) is 1.94. The summed E-state index contributed by atoms with van der Waals surface area (Å²) < 4.78 is 26.0. The fraction of sp³-hybridized carbons (Fsp3) is 0.417. The van der Waals surface area contributed by atoms with E-state index >= 15 is 0 Å². The van der Waals surface area contributed by atoms with Crippen LogP contribution in [-0.2, 0) is 0 Å². The van der Waals surface area contributed by atoms with E-state index in [1.807, 2.05) is 18.2 Å². The molecular weight excluding hydrogens is 226 g/mol. The number of hydrogen-bond donors (Lipinski definition) is 1. The smallest absolute Gasteiger partial charge is 0.251 e. The first-order chi connectivity index (χ1) is 8.12. The highest BCUT2D eigenvalue weighted by Crippen LogP contribution is 2.28. The molecule has 0 spiro atoms. The molecule has 1 saturated heterocycles. The van der Waals surface area contributed by atoms with Crippen LogP contribution in [0.15, 0.2) is 35.5 Å². The highest BCUT2D eigenvalue weighted by Gasteiger charge is 2.35. The molecule has 2 rings (SSSR count). The van der Waals surface area contributed by atoms with Crippen molar-refractivity contribution in [2.75, 3.05) is 13.1 Å². The van der Waals surface area contributed by atoms with Crippen LogP contribution in [-0.4, -0.2) is 35.0 Å². The van der Waals surface area contributed by atoms with Gasteiger partial charge in [0.1, 0.15) is 0 Å². The van der Waals surface area contributed by atoms with Crippen molar-refractivity contribution in [3.63, 3.8) is 0 Å². The topological polar surface area (TPSA) is 35.8 Å². The molecule has 1 heterocycles. The lowest BCUT2D eigenvalue weighted by Gasteiger charge is -2.33. The molecule has 1 aliphatic heterocycles. The van der Waals surface area contributed by atoms with Crippen LogP contribution in [0.25, 0.3) is 0 Å². The van der Waals surface area contributed by atoms with E-state index in [2.05, 4.69) is 5.16 Å². The SMILES string of the molecule is ON=C(c1ccccc1)N1CCC(F)(F)CC1. The summed E-state index contributed by atoms with van der Waals surface area (Å²) in [6, 6.07) is 9.07. The minimum absolute atomic E-state index is 0.196. The monoisotopic (exact) mass is 240 g/mol. The van der Waals surface area contributed by atoms with E-state index in [9.17, 15) is 8.78 Å². The fourth-order valence-corrected chi connectivity index (χ4v) is 1.94. The zero-order valence-corrected chi connectivity index (χ0v) is 9.31. The van der Waals surface area contributed by atoms with Gasteiger partial charge in [0.05, 0.1) is 0 Å². The second-order valence-corrected chi connectivity index (χ2v) is 4.13. The van der Waals surface area contributed by atoms with Gasteiger partial charge in [-0.15, -0.1) is 0 Å². The predicted octanol–water partition coefficient (Wildman–Crippen LogP) is 2.55. The van der Waals surface area contributed by atoms with Crippen LogP contribution in [0.1, 0.15) is 18.4 Å². The number of oxime groups is 1. The number of likely N-dealkylation sites (tertiary alicyclic amines) is 1. The second kappa shape index (κ2) is 4.69. The van der Waals surface area contributed by atoms with Crippen molar-refractivity contribution in [2.45, 2.75) is 18.8 Å². The van der Waals surface area contributed by atoms with Gasteiger partial charge in [-0.2, -0.15) is 0 Å². The number of nitrogens with zero attached hydrogens (tertiary/aromatic N) is 2. The Morgan fingerprint density at radius 2 is 1.76 bits per heavy atom. The maximum absolute atomic E-state index is 13.0. The summed E-state index contributed by atoms with van der Waals surface area (Å²) in [5.74, 6) is -2.23. The van der Waals surface area contributed by atoms with Gasteiger partial charge in [-0.1, -0.05) is 35.5 Å². The maximum atomic E-state index is 13.0. The maximum Gasteiger partial charge on any atom is 0.251 e. The van der Waals surface area contributed by atoms with Gasteiger partial charge < -0.3 is 10.1 Å². The minimum Gasteiger partial charge on any atom is -0.409 e. The Morgan fingerprint density at radius 1 is 1.18 bits per heavy atom. The summed E-state index contributed by atoms with van der Waals surface area (Å²) in [5, 5.41) is 12.2. The molecule has 0 atom stereocenters. The molecule has 0 amide bonds. The van der Waals surface area contributed by atoms with E-state index in [1.165, 1.54) is 0 Å². The third-order valence-corrected chi connectivity index (χ3v) is 2.92.